The summed E-state index contributed by atoms with van der Waals surface area (Å²) in [4.78, 5) is 26.5. The molecular weight excluding hydrogens is 519 g/mol. The first-order valence-corrected chi connectivity index (χ1v) is 15.6. The number of morpholine rings is 1. The number of carbonyl (C=O) groups excluding carboxylic acids is 1. The molecule has 0 radical (unpaired) electrons. The van der Waals surface area contributed by atoms with Crippen molar-refractivity contribution in [1.29, 1.82) is 0 Å². The minimum absolute atomic E-state index is 0.0722. The molecule has 1 aliphatic carbocycles. The van der Waals surface area contributed by atoms with Gasteiger partial charge in [0.1, 0.15) is 17.5 Å². The van der Waals surface area contributed by atoms with E-state index in [9.17, 15) is 9.18 Å². The number of amides is 2. The van der Waals surface area contributed by atoms with Crippen molar-refractivity contribution in [3.8, 4) is 11.1 Å². The van der Waals surface area contributed by atoms with Gasteiger partial charge in [-0.05, 0) is 86.4 Å². The number of ether oxygens (including phenoxy) is 1. The van der Waals surface area contributed by atoms with Crippen LogP contribution in [-0.2, 0) is 4.74 Å². The van der Waals surface area contributed by atoms with Gasteiger partial charge in [0.2, 0.25) is 0 Å². The van der Waals surface area contributed by atoms with Gasteiger partial charge in [-0.3, -0.25) is 4.90 Å². The summed E-state index contributed by atoms with van der Waals surface area (Å²) in [5, 5.41) is 3.23. The van der Waals surface area contributed by atoms with E-state index in [1.807, 2.05) is 19.2 Å². The zero-order valence-corrected chi connectivity index (χ0v) is 24.9. The van der Waals surface area contributed by atoms with E-state index >= 15 is 0 Å². The second-order valence-corrected chi connectivity index (χ2v) is 11.9. The van der Waals surface area contributed by atoms with Crippen molar-refractivity contribution < 1.29 is 13.9 Å². The van der Waals surface area contributed by atoms with Crippen molar-refractivity contribution in [3.05, 3.63) is 42.2 Å². The van der Waals surface area contributed by atoms with Crippen LogP contribution in [0.4, 0.5) is 20.8 Å². The van der Waals surface area contributed by atoms with Crippen LogP contribution in [0.3, 0.4) is 0 Å². The van der Waals surface area contributed by atoms with Crippen LogP contribution in [0.1, 0.15) is 45.4 Å². The molecule has 3 heterocycles. The molecule has 224 valence electrons. The summed E-state index contributed by atoms with van der Waals surface area (Å²) in [5.41, 5.74) is 2.08. The summed E-state index contributed by atoms with van der Waals surface area (Å²) < 4.78 is 19.2. The normalized spacial score (nSPS) is 22.0. The lowest BCUT2D eigenvalue weighted by Crippen LogP contribution is -2.47. The monoisotopic (exact) mass is 566 g/mol. The Morgan fingerprint density at radius 1 is 0.951 bits per heavy atom. The number of hydrogen-bond donors (Lipinski definition) is 1. The van der Waals surface area contributed by atoms with Gasteiger partial charge >= 0.3 is 6.03 Å². The average molecular weight is 567 g/mol. The first-order valence-electron chi connectivity index (χ1n) is 15.6. The van der Waals surface area contributed by atoms with Crippen LogP contribution in [0.15, 0.2) is 36.4 Å². The Morgan fingerprint density at radius 2 is 1.59 bits per heavy atom. The minimum Gasteiger partial charge on any atom is -0.378 e. The third-order valence-electron chi connectivity index (χ3n) is 8.94. The molecular formula is C32H47FN6O2. The van der Waals surface area contributed by atoms with Gasteiger partial charge in [-0.1, -0.05) is 19.1 Å². The van der Waals surface area contributed by atoms with E-state index in [0.717, 1.165) is 100 Å². The smallest absolute Gasteiger partial charge is 0.317 e. The van der Waals surface area contributed by atoms with Crippen molar-refractivity contribution >= 4 is 17.7 Å². The van der Waals surface area contributed by atoms with Crippen molar-refractivity contribution in [2.75, 3.05) is 82.4 Å². The molecule has 8 nitrogen and oxygen atoms in total. The molecule has 2 aliphatic heterocycles. The summed E-state index contributed by atoms with van der Waals surface area (Å²) in [5.74, 6) is 2.50. The Labute approximate surface area is 244 Å². The number of carbonyl (C=O) groups is 1. The SMILES string of the molecule is CCCN(C)C(=O)N[C@H]1CC[C@H](CCN2CCN(c3cc(-c4ccc(F)cc4)cc(N4CCOCC4)n3)CC2)CC1. The quantitative estimate of drug-likeness (QED) is 0.469. The van der Waals surface area contributed by atoms with Crippen LogP contribution < -0.4 is 15.1 Å². The van der Waals surface area contributed by atoms with Gasteiger partial charge in [-0.2, -0.15) is 0 Å². The molecule has 2 amide bonds. The first kappa shape index (κ1) is 29.6. The summed E-state index contributed by atoms with van der Waals surface area (Å²) in [6, 6.07) is 11.4. The number of anilines is 2. The second-order valence-electron chi connectivity index (χ2n) is 11.9. The average Bonchev–Trinajstić information content (AvgIpc) is 3.01. The molecule has 1 aromatic carbocycles. The Kier molecular flexibility index (Phi) is 10.3. The molecule has 1 N–H and O–H groups in total. The van der Waals surface area contributed by atoms with Gasteiger partial charge in [-0.25, -0.2) is 14.2 Å². The lowest BCUT2D eigenvalue weighted by atomic mass is 9.84. The van der Waals surface area contributed by atoms with E-state index in [4.69, 9.17) is 9.72 Å². The highest BCUT2D eigenvalue weighted by Gasteiger charge is 2.25. The Balaban J connectivity index is 1.12. The van der Waals surface area contributed by atoms with E-state index in [1.54, 1.807) is 4.90 Å². The molecule has 9 heteroatoms. The number of urea groups is 1. The largest absolute Gasteiger partial charge is 0.378 e. The number of piperazine rings is 1. The van der Waals surface area contributed by atoms with Crippen molar-refractivity contribution in [3.63, 3.8) is 0 Å². The minimum atomic E-state index is -0.220. The van der Waals surface area contributed by atoms with Gasteiger partial charge in [-0.15, -0.1) is 0 Å². The van der Waals surface area contributed by atoms with Gasteiger partial charge in [0.05, 0.1) is 13.2 Å². The van der Waals surface area contributed by atoms with Gasteiger partial charge in [0.25, 0.3) is 0 Å². The number of nitrogens with zero attached hydrogens (tertiary/aromatic N) is 5. The highest BCUT2D eigenvalue weighted by Crippen LogP contribution is 2.30. The highest BCUT2D eigenvalue weighted by atomic mass is 19.1. The molecule has 2 saturated heterocycles. The fourth-order valence-corrected chi connectivity index (χ4v) is 6.31. The number of pyridine rings is 1. The fourth-order valence-electron chi connectivity index (χ4n) is 6.31. The second kappa shape index (κ2) is 14.3. The van der Waals surface area contributed by atoms with E-state index in [-0.39, 0.29) is 11.8 Å². The molecule has 1 aromatic heterocycles. The van der Waals surface area contributed by atoms with E-state index in [1.165, 1.54) is 31.4 Å². The number of benzene rings is 1. The van der Waals surface area contributed by atoms with Gasteiger partial charge in [0, 0.05) is 58.9 Å². The number of rotatable bonds is 9. The predicted molar refractivity (Wildman–Crippen MR) is 163 cm³/mol. The van der Waals surface area contributed by atoms with Crippen molar-refractivity contribution in [2.24, 2.45) is 5.92 Å². The van der Waals surface area contributed by atoms with Gasteiger partial charge in [0.15, 0.2) is 0 Å². The Bertz CT molecular complexity index is 1110. The van der Waals surface area contributed by atoms with Crippen LogP contribution in [0.25, 0.3) is 11.1 Å². The maximum Gasteiger partial charge on any atom is 0.317 e. The zero-order valence-electron chi connectivity index (χ0n) is 24.9. The summed E-state index contributed by atoms with van der Waals surface area (Å²) in [6.45, 7) is 11.1. The van der Waals surface area contributed by atoms with Crippen LogP contribution in [0.5, 0.6) is 0 Å². The highest BCUT2D eigenvalue weighted by molar-refractivity contribution is 5.74. The van der Waals surface area contributed by atoms with Gasteiger partial charge < -0.3 is 24.8 Å². The van der Waals surface area contributed by atoms with Crippen molar-refractivity contribution in [1.82, 2.24) is 20.1 Å². The van der Waals surface area contributed by atoms with E-state index in [0.29, 0.717) is 19.3 Å². The van der Waals surface area contributed by atoms with Crippen molar-refractivity contribution in [2.45, 2.75) is 51.5 Å². The molecule has 0 spiro atoms. The third kappa shape index (κ3) is 8.10. The third-order valence-corrected chi connectivity index (χ3v) is 8.94. The molecule has 2 aromatic rings. The number of hydrogen-bond acceptors (Lipinski definition) is 6. The van der Waals surface area contributed by atoms with E-state index < -0.39 is 0 Å². The van der Waals surface area contributed by atoms with Crippen LogP contribution in [-0.4, -0.2) is 99.5 Å². The molecule has 5 rings (SSSR count). The maximum atomic E-state index is 13.6. The number of aromatic nitrogens is 1. The molecule has 3 fully saturated rings. The lowest BCUT2D eigenvalue weighted by Gasteiger charge is -2.37. The van der Waals surface area contributed by atoms with E-state index in [2.05, 4.69) is 39.1 Å². The molecule has 41 heavy (non-hydrogen) atoms. The lowest BCUT2D eigenvalue weighted by molar-refractivity contribution is 0.122. The fraction of sp³-hybridized carbons (Fsp3) is 0.625. The van der Waals surface area contributed by atoms with Crippen LogP contribution >= 0.6 is 0 Å². The Hall–Kier alpha value is -2.91. The zero-order chi connectivity index (χ0) is 28.6. The molecule has 0 bridgehead atoms. The van der Waals surface area contributed by atoms with Crippen LogP contribution in [0.2, 0.25) is 0 Å². The summed E-state index contributed by atoms with van der Waals surface area (Å²) >= 11 is 0. The maximum absolute atomic E-state index is 13.6. The molecule has 0 atom stereocenters. The topological polar surface area (TPSA) is 64.2 Å². The van der Waals surface area contributed by atoms with Crippen LogP contribution in [0, 0.1) is 11.7 Å². The summed E-state index contributed by atoms with van der Waals surface area (Å²) in [7, 11) is 1.88. The first-order chi connectivity index (χ1) is 20.0. The standard InChI is InChI=1S/C32H47FN6O2/c1-3-13-36(2)32(40)34-29-10-4-25(5-11-29)12-14-37-15-17-38(18-16-37)30-23-27(26-6-8-28(33)9-7-26)24-31(35-30)39-19-21-41-22-20-39/h6-9,23-25,29H,3-5,10-22H2,1-2H3,(H,34,40)/t25-,29-. The number of halogens is 1. The predicted octanol–water partition coefficient (Wildman–Crippen LogP) is 4.85. The molecule has 0 unspecified atom stereocenters. The number of nitrogens with one attached hydrogen (secondary N) is 1. The molecule has 1 saturated carbocycles. The Morgan fingerprint density at radius 3 is 2.22 bits per heavy atom. The summed E-state index contributed by atoms with van der Waals surface area (Å²) in [6.07, 6.45) is 6.80. The molecule has 3 aliphatic rings.